The Morgan fingerprint density at radius 1 is 1.50 bits per heavy atom. The van der Waals surface area contributed by atoms with E-state index in [0.717, 1.165) is 17.1 Å². The van der Waals surface area contributed by atoms with Gasteiger partial charge in [0.25, 0.3) is 5.91 Å². The Kier molecular flexibility index (Phi) is 4.57. The van der Waals surface area contributed by atoms with Crippen LogP contribution < -0.4 is 16.4 Å². The zero-order valence-corrected chi connectivity index (χ0v) is 12.3. The number of amides is 1. The smallest absolute Gasteiger partial charge is 0.251 e. The Labute approximate surface area is 122 Å². The lowest BCUT2D eigenvalue weighted by Crippen LogP contribution is -2.18. The Morgan fingerprint density at radius 3 is 2.90 bits per heavy atom. The third kappa shape index (κ3) is 3.08. The number of nitrogen functional groups attached to an aromatic ring is 1. The molecular weight excluding hydrogens is 272 g/mol. The summed E-state index contributed by atoms with van der Waals surface area (Å²) >= 11 is 1.60. The molecular formula is C14H18N4OS. The topological polar surface area (TPSA) is 80.0 Å². The monoisotopic (exact) mass is 290 g/mol. The van der Waals surface area contributed by atoms with Crippen molar-refractivity contribution in [2.24, 2.45) is 0 Å². The molecule has 1 aromatic heterocycles. The molecule has 4 N–H and O–H groups in total. The molecule has 1 aromatic carbocycles. The van der Waals surface area contributed by atoms with E-state index in [1.54, 1.807) is 42.8 Å². The van der Waals surface area contributed by atoms with Gasteiger partial charge in [-0.2, -0.15) is 0 Å². The van der Waals surface area contributed by atoms with Gasteiger partial charge in [0.15, 0.2) is 0 Å². The standard InChI is InChI=1S/C14H18N4OS/c1-3-11(14-17-6-7-20-14)18-12-8-9(13(19)16-2)4-5-10(12)15/h4-8,11,18H,3,15H2,1-2H3,(H,16,19). The SMILES string of the molecule is CCC(Nc1cc(C(=O)NC)ccc1N)c1nccs1. The van der Waals surface area contributed by atoms with E-state index in [0.29, 0.717) is 11.3 Å². The molecule has 0 saturated heterocycles. The quantitative estimate of drug-likeness (QED) is 0.740. The summed E-state index contributed by atoms with van der Waals surface area (Å²) in [4.78, 5) is 16.0. The fourth-order valence-corrected chi connectivity index (χ4v) is 2.67. The van der Waals surface area contributed by atoms with E-state index in [9.17, 15) is 4.79 Å². The van der Waals surface area contributed by atoms with Crippen LogP contribution in [-0.4, -0.2) is 17.9 Å². The zero-order chi connectivity index (χ0) is 14.5. The predicted molar refractivity (Wildman–Crippen MR) is 83.0 cm³/mol. The van der Waals surface area contributed by atoms with Gasteiger partial charge in [0.2, 0.25) is 0 Å². The van der Waals surface area contributed by atoms with Crippen molar-refractivity contribution in [3.05, 3.63) is 40.3 Å². The first kappa shape index (κ1) is 14.3. The van der Waals surface area contributed by atoms with Crippen LogP contribution in [0.15, 0.2) is 29.8 Å². The molecule has 0 radical (unpaired) electrons. The molecule has 1 unspecified atom stereocenters. The second-order valence-electron chi connectivity index (χ2n) is 4.36. The van der Waals surface area contributed by atoms with Crippen molar-refractivity contribution in [2.45, 2.75) is 19.4 Å². The number of anilines is 2. The number of hydrogen-bond acceptors (Lipinski definition) is 5. The predicted octanol–water partition coefficient (Wildman–Crippen LogP) is 2.65. The van der Waals surface area contributed by atoms with Crippen LogP contribution in [0.2, 0.25) is 0 Å². The maximum atomic E-state index is 11.7. The number of nitrogens with two attached hydrogens (primary N) is 1. The van der Waals surface area contributed by atoms with Gasteiger partial charge in [0.05, 0.1) is 17.4 Å². The van der Waals surface area contributed by atoms with Crippen molar-refractivity contribution in [3.8, 4) is 0 Å². The van der Waals surface area contributed by atoms with Gasteiger partial charge in [0.1, 0.15) is 5.01 Å². The lowest BCUT2D eigenvalue weighted by Gasteiger charge is -2.18. The molecule has 106 valence electrons. The zero-order valence-electron chi connectivity index (χ0n) is 11.5. The third-order valence-electron chi connectivity index (χ3n) is 3.03. The van der Waals surface area contributed by atoms with Crippen LogP contribution in [0.1, 0.15) is 34.8 Å². The number of rotatable bonds is 5. The molecule has 2 aromatic rings. The van der Waals surface area contributed by atoms with Gasteiger partial charge in [-0.25, -0.2) is 4.98 Å². The van der Waals surface area contributed by atoms with E-state index >= 15 is 0 Å². The Balaban J connectivity index is 2.25. The van der Waals surface area contributed by atoms with Gasteiger partial charge in [0, 0.05) is 24.2 Å². The Morgan fingerprint density at radius 2 is 2.30 bits per heavy atom. The third-order valence-corrected chi connectivity index (χ3v) is 3.92. The first-order chi connectivity index (χ1) is 9.65. The van der Waals surface area contributed by atoms with E-state index in [4.69, 9.17) is 5.73 Å². The minimum absolute atomic E-state index is 0.0947. The van der Waals surface area contributed by atoms with E-state index in [-0.39, 0.29) is 11.9 Å². The number of aromatic nitrogens is 1. The highest BCUT2D eigenvalue weighted by Crippen LogP contribution is 2.28. The maximum Gasteiger partial charge on any atom is 0.251 e. The minimum Gasteiger partial charge on any atom is -0.397 e. The first-order valence-corrected chi connectivity index (χ1v) is 7.31. The lowest BCUT2D eigenvalue weighted by atomic mass is 10.1. The van der Waals surface area contributed by atoms with Crippen LogP contribution in [0.25, 0.3) is 0 Å². The highest BCUT2D eigenvalue weighted by molar-refractivity contribution is 7.09. The molecule has 1 amide bonds. The van der Waals surface area contributed by atoms with Gasteiger partial charge in [-0.15, -0.1) is 11.3 Å². The highest BCUT2D eigenvalue weighted by Gasteiger charge is 2.14. The van der Waals surface area contributed by atoms with Gasteiger partial charge in [-0.05, 0) is 24.6 Å². The number of nitrogens with zero attached hydrogens (tertiary/aromatic N) is 1. The number of carbonyl (C=O) groups is 1. The summed E-state index contributed by atoms with van der Waals surface area (Å²) < 4.78 is 0. The van der Waals surface area contributed by atoms with Crippen LogP contribution in [0, 0.1) is 0 Å². The summed E-state index contributed by atoms with van der Waals surface area (Å²) in [6.45, 7) is 2.08. The molecule has 0 saturated carbocycles. The molecule has 0 bridgehead atoms. The van der Waals surface area contributed by atoms with Crippen LogP contribution in [0.5, 0.6) is 0 Å². The molecule has 1 heterocycles. The summed E-state index contributed by atoms with van der Waals surface area (Å²) in [6, 6.07) is 5.31. The van der Waals surface area contributed by atoms with E-state index < -0.39 is 0 Å². The minimum atomic E-state index is -0.129. The van der Waals surface area contributed by atoms with Crippen LogP contribution in [0.3, 0.4) is 0 Å². The van der Waals surface area contributed by atoms with E-state index in [1.165, 1.54) is 0 Å². The van der Waals surface area contributed by atoms with Gasteiger partial charge in [-0.1, -0.05) is 6.92 Å². The Bertz CT molecular complexity index is 583. The highest BCUT2D eigenvalue weighted by atomic mass is 32.1. The first-order valence-electron chi connectivity index (χ1n) is 6.43. The fraction of sp³-hybridized carbons (Fsp3) is 0.286. The molecule has 5 nitrogen and oxygen atoms in total. The molecule has 0 fully saturated rings. The van der Waals surface area contributed by atoms with Crippen LogP contribution in [-0.2, 0) is 0 Å². The van der Waals surface area contributed by atoms with Gasteiger partial charge >= 0.3 is 0 Å². The van der Waals surface area contributed by atoms with Crippen LogP contribution in [0.4, 0.5) is 11.4 Å². The molecule has 2 rings (SSSR count). The van der Waals surface area contributed by atoms with Crippen molar-refractivity contribution < 1.29 is 4.79 Å². The van der Waals surface area contributed by atoms with Gasteiger partial charge < -0.3 is 16.4 Å². The maximum absolute atomic E-state index is 11.7. The fourth-order valence-electron chi connectivity index (χ4n) is 1.90. The Hall–Kier alpha value is -2.08. The average Bonchev–Trinajstić information content (AvgIpc) is 2.99. The van der Waals surface area contributed by atoms with Crippen molar-refractivity contribution in [2.75, 3.05) is 18.1 Å². The average molecular weight is 290 g/mol. The van der Waals surface area contributed by atoms with Crippen LogP contribution >= 0.6 is 11.3 Å². The molecule has 20 heavy (non-hydrogen) atoms. The molecule has 0 aliphatic rings. The summed E-state index contributed by atoms with van der Waals surface area (Å²) in [7, 11) is 1.61. The van der Waals surface area contributed by atoms with E-state index in [1.807, 2.05) is 5.38 Å². The molecule has 0 aliphatic heterocycles. The molecule has 0 spiro atoms. The second-order valence-corrected chi connectivity index (χ2v) is 5.28. The van der Waals surface area contributed by atoms with E-state index in [2.05, 4.69) is 22.5 Å². The normalized spacial score (nSPS) is 11.9. The number of nitrogens with one attached hydrogen (secondary N) is 2. The lowest BCUT2D eigenvalue weighted by molar-refractivity contribution is 0.0963. The van der Waals surface area contributed by atoms with Crippen molar-refractivity contribution in [1.82, 2.24) is 10.3 Å². The second kappa shape index (κ2) is 6.38. The van der Waals surface area contributed by atoms with Gasteiger partial charge in [-0.3, -0.25) is 4.79 Å². The number of hydrogen-bond donors (Lipinski definition) is 3. The molecule has 0 aliphatic carbocycles. The summed E-state index contributed by atoms with van der Waals surface area (Å²) in [5.41, 5.74) is 7.93. The summed E-state index contributed by atoms with van der Waals surface area (Å²) in [6.07, 6.45) is 2.67. The summed E-state index contributed by atoms with van der Waals surface area (Å²) in [5.74, 6) is -0.129. The largest absolute Gasteiger partial charge is 0.397 e. The van der Waals surface area contributed by atoms with Crippen molar-refractivity contribution in [3.63, 3.8) is 0 Å². The van der Waals surface area contributed by atoms with Crippen molar-refractivity contribution >= 4 is 28.6 Å². The molecule has 1 atom stereocenters. The molecule has 6 heteroatoms. The number of thiazole rings is 1. The number of benzene rings is 1. The van der Waals surface area contributed by atoms with Crippen molar-refractivity contribution in [1.29, 1.82) is 0 Å². The number of carbonyl (C=O) groups excluding carboxylic acids is 1. The summed E-state index contributed by atoms with van der Waals surface area (Å²) in [5, 5.41) is 8.93.